The molecule has 0 saturated carbocycles. The van der Waals surface area contributed by atoms with Gasteiger partial charge in [0.05, 0.1) is 4.92 Å². The molecule has 0 saturated heterocycles. The molecule has 0 amide bonds. The van der Waals surface area contributed by atoms with Gasteiger partial charge in [0.25, 0.3) is 5.69 Å². The summed E-state index contributed by atoms with van der Waals surface area (Å²) in [6.45, 7) is 1.79. The van der Waals surface area contributed by atoms with Crippen LogP contribution in [-0.2, 0) is 6.42 Å². The molecule has 92 valence electrons. The number of rotatable bonds is 3. The van der Waals surface area contributed by atoms with Gasteiger partial charge in [-0.1, -0.05) is 30.3 Å². The molecule has 4 heteroatoms. The smallest absolute Gasteiger partial charge is 0.258 e. The summed E-state index contributed by atoms with van der Waals surface area (Å²) in [4.78, 5) is 10.5. The van der Waals surface area contributed by atoms with Crippen molar-refractivity contribution in [2.24, 2.45) is 0 Å². The fourth-order valence-electron chi connectivity index (χ4n) is 1.84. The summed E-state index contributed by atoms with van der Waals surface area (Å²) in [7, 11) is 0. The lowest BCUT2D eigenvalue weighted by atomic mass is 10.0. The minimum atomic E-state index is -0.427. The van der Waals surface area contributed by atoms with E-state index in [1.807, 2.05) is 0 Å². The molecule has 2 aromatic rings. The minimum Gasteiger partial charge on any atom is -0.258 e. The molecule has 0 aliphatic heterocycles. The fraction of sp³-hybridized carbons (Fsp3) is 0.143. The molecule has 0 aromatic heterocycles. The van der Waals surface area contributed by atoms with Gasteiger partial charge in [-0.2, -0.15) is 0 Å². The molecule has 2 aromatic carbocycles. The fourth-order valence-corrected chi connectivity index (χ4v) is 1.84. The zero-order valence-corrected chi connectivity index (χ0v) is 9.89. The maximum absolute atomic E-state index is 13.5. The monoisotopic (exact) mass is 245 g/mol. The lowest BCUT2D eigenvalue weighted by molar-refractivity contribution is -0.385. The summed E-state index contributed by atoms with van der Waals surface area (Å²) in [5.74, 6) is -0.340. The van der Waals surface area contributed by atoms with Crippen LogP contribution in [0.1, 0.15) is 16.7 Å². The Morgan fingerprint density at radius 1 is 1.17 bits per heavy atom. The van der Waals surface area contributed by atoms with Crippen LogP contribution in [0, 0.1) is 22.9 Å². The second-order valence-corrected chi connectivity index (χ2v) is 4.16. The van der Waals surface area contributed by atoms with Crippen LogP contribution in [0.2, 0.25) is 0 Å². The van der Waals surface area contributed by atoms with Crippen molar-refractivity contribution in [2.75, 3.05) is 0 Å². The Morgan fingerprint density at radius 2 is 1.89 bits per heavy atom. The lowest BCUT2D eigenvalue weighted by Crippen LogP contribution is -1.98. The van der Waals surface area contributed by atoms with Crippen LogP contribution >= 0.6 is 0 Å². The topological polar surface area (TPSA) is 43.1 Å². The molecule has 3 nitrogen and oxygen atoms in total. The van der Waals surface area contributed by atoms with Gasteiger partial charge in [0.2, 0.25) is 0 Å². The SMILES string of the molecule is Cc1ccc(Cc2ccccc2F)c([N+](=O)[O-])c1. The van der Waals surface area contributed by atoms with Gasteiger partial charge in [-0.15, -0.1) is 0 Å². The number of nitro benzene ring substituents is 1. The standard InChI is InChI=1S/C14H12FNO2/c1-10-6-7-12(14(8-10)16(17)18)9-11-4-2-3-5-13(11)15/h2-8H,9H2,1H3. The van der Waals surface area contributed by atoms with Gasteiger partial charge in [-0.25, -0.2) is 4.39 Å². The summed E-state index contributed by atoms with van der Waals surface area (Å²) in [5.41, 5.74) is 1.84. The van der Waals surface area contributed by atoms with Gasteiger partial charge in [-0.05, 0) is 24.1 Å². The van der Waals surface area contributed by atoms with Crippen LogP contribution in [0.5, 0.6) is 0 Å². The first-order chi connectivity index (χ1) is 8.58. The molecule has 0 aliphatic carbocycles. The van der Waals surface area contributed by atoms with Gasteiger partial charge in [0.15, 0.2) is 0 Å². The van der Waals surface area contributed by atoms with Crippen LogP contribution < -0.4 is 0 Å². The second kappa shape index (κ2) is 4.96. The third-order valence-corrected chi connectivity index (χ3v) is 2.78. The molecule has 0 fully saturated rings. The lowest BCUT2D eigenvalue weighted by Gasteiger charge is -2.05. The van der Waals surface area contributed by atoms with Crippen LogP contribution in [0.15, 0.2) is 42.5 Å². The van der Waals surface area contributed by atoms with E-state index in [1.54, 1.807) is 37.3 Å². The Balaban J connectivity index is 2.41. The Labute approximate surface area is 104 Å². The maximum Gasteiger partial charge on any atom is 0.273 e. The normalized spacial score (nSPS) is 10.3. The van der Waals surface area contributed by atoms with Crippen molar-refractivity contribution in [3.63, 3.8) is 0 Å². The number of nitro groups is 1. The summed E-state index contributed by atoms with van der Waals surface area (Å²) < 4.78 is 13.5. The quantitative estimate of drug-likeness (QED) is 0.612. The molecular formula is C14H12FNO2. The van der Waals surface area contributed by atoms with Crippen LogP contribution in [0.4, 0.5) is 10.1 Å². The highest BCUT2D eigenvalue weighted by Gasteiger charge is 2.15. The van der Waals surface area contributed by atoms with Gasteiger partial charge in [-0.3, -0.25) is 10.1 Å². The zero-order chi connectivity index (χ0) is 13.1. The summed E-state index contributed by atoms with van der Waals surface area (Å²) in [6, 6.07) is 11.3. The number of nitrogens with zero attached hydrogens (tertiary/aromatic N) is 1. The summed E-state index contributed by atoms with van der Waals surface area (Å²) >= 11 is 0. The molecule has 0 atom stereocenters. The van der Waals surface area contributed by atoms with Crippen LogP contribution in [0.3, 0.4) is 0 Å². The first kappa shape index (κ1) is 12.2. The van der Waals surface area contributed by atoms with E-state index in [0.717, 1.165) is 5.56 Å². The van der Waals surface area contributed by atoms with Crippen LogP contribution in [0.25, 0.3) is 0 Å². The average molecular weight is 245 g/mol. The molecule has 0 unspecified atom stereocenters. The van der Waals surface area contributed by atoms with Crippen LogP contribution in [-0.4, -0.2) is 4.92 Å². The molecule has 2 rings (SSSR count). The third-order valence-electron chi connectivity index (χ3n) is 2.78. The number of aryl methyl sites for hydroxylation is 1. The van der Waals surface area contributed by atoms with Gasteiger partial charge < -0.3 is 0 Å². The van der Waals surface area contributed by atoms with Crippen molar-refractivity contribution in [1.82, 2.24) is 0 Å². The Bertz CT molecular complexity index is 596. The second-order valence-electron chi connectivity index (χ2n) is 4.16. The van der Waals surface area contributed by atoms with Crippen molar-refractivity contribution < 1.29 is 9.31 Å². The molecular weight excluding hydrogens is 233 g/mol. The summed E-state index contributed by atoms with van der Waals surface area (Å²) in [6.07, 6.45) is 0.225. The number of hydrogen-bond donors (Lipinski definition) is 0. The molecule has 0 bridgehead atoms. The van der Waals surface area contributed by atoms with E-state index in [-0.39, 0.29) is 17.9 Å². The van der Waals surface area contributed by atoms with E-state index in [4.69, 9.17) is 0 Å². The van der Waals surface area contributed by atoms with Crippen molar-refractivity contribution in [2.45, 2.75) is 13.3 Å². The number of benzene rings is 2. The highest BCUT2D eigenvalue weighted by molar-refractivity contribution is 5.45. The molecule has 0 N–H and O–H groups in total. The molecule has 0 aliphatic rings. The zero-order valence-electron chi connectivity index (χ0n) is 9.89. The molecule has 18 heavy (non-hydrogen) atoms. The van der Waals surface area contributed by atoms with E-state index >= 15 is 0 Å². The van der Waals surface area contributed by atoms with Crippen molar-refractivity contribution in [3.8, 4) is 0 Å². The Kier molecular flexibility index (Phi) is 3.37. The molecule has 0 spiro atoms. The highest BCUT2D eigenvalue weighted by Crippen LogP contribution is 2.23. The number of halogens is 1. The average Bonchev–Trinajstić information content (AvgIpc) is 2.34. The highest BCUT2D eigenvalue weighted by atomic mass is 19.1. The first-order valence-electron chi connectivity index (χ1n) is 5.55. The molecule has 0 heterocycles. The Hall–Kier alpha value is -2.23. The van der Waals surface area contributed by atoms with E-state index in [1.165, 1.54) is 12.1 Å². The van der Waals surface area contributed by atoms with Gasteiger partial charge in [0.1, 0.15) is 5.82 Å². The van der Waals surface area contributed by atoms with E-state index in [9.17, 15) is 14.5 Å². The van der Waals surface area contributed by atoms with E-state index in [0.29, 0.717) is 11.1 Å². The summed E-state index contributed by atoms with van der Waals surface area (Å²) in [5, 5.41) is 11.0. The van der Waals surface area contributed by atoms with E-state index in [2.05, 4.69) is 0 Å². The predicted octanol–water partition coefficient (Wildman–Crippen LogP) is 3.63. The minimum absolute atomic E-state index is 0.0400. The third kappa shape index (κ3) is 2.53. The maximum atomic E-state index is 13.5. The van der Waals surface area contributed by atoms with Crippen molar-refractivity contribution in [1.29, 1.82) is 0 Å². The Morgan fingerprint density at radius 3 is 2.56 bits per heavy atom. The van der Waals surface area contributed by atoms with Crippen molar-refractivity contribution >= 4 is 5.69 Å². The van der Waals surface area contributed by atoms with E-state index < -0.39 is 4.92 Å². The first-order valence-corrected chi connectivity index (χ1v) is 5.55. The van der Waals surface area contributed by atoms with Gasteiger partial charge >= 0.3 is 0 Å². The molecule has 0 radical (unpaired) electrons. The predicted molar refractivity (Wildman–Crippen MR) is 67.0 cm³/mol. The number of hydrogen-bond acceptors (Lipinski definition) is 2. The van der Waals surface area contributed by atoms with Gasteiger partial charge in [0, 0.05) is 18.1 Å². The largest absolute Gasteiger partial charge is 0.273 e. The van der Waals surface area contributed by atoms with Crippen molar-refractivity contribution in [3.05, 3.63) is 75.1 Å².